The first-order chi connectivity index (χ1) is 9.74. The molecule has 1 amide bonds. The fraction of sp³-hybridized carbons (Fsp3) is 0.333. The van der Waals surface area contributed by atoms with Crippen molar-refractivity contribution in [2.45, 2.75) is 20.3 Å². The number of carbonyl (C=O) groups is 1. The molecular weight excluding hydrogens is 254 g/mol. The molecule has 1 aromatic heterocycles. The van der Waals surface area contributed by atoms with Crippen LogP contribution in [0.3, 0.4) is 0 Å². The molecule has 0 bridgehead atoms. The maximum Gasteiger partial charge on any atom is 0.269 e. The summed E-state index contributed by atoms with van der Waals surface area (Å²) in [6.07, 6.45) is 0.908. The largest absolute Gasteiger partial charge is 0.494 e. The van der Waals surface area contributed by atoms with Gasteiger partial charge in [0.25, 0.3) is 5.91 Å². The van der Waals surface area contributed by atoms with E-state index < -0.39 is 0 Å². The lowest BCUT2D eigenvalue weighted by Gasteiger charge is -2.02. The van der Waals surface area contributed by atoms with Gasteiger partial charge in [0.05, 0.1) is 12.3 Å². The van der Waals surface area contributed by atoms with Gasteiger partial charge in [-0.25, -0.2) is 0 Å². The third-order valence-corrected chi connectivity index (χ3v) is 2.82. The molecule has 5 heteroatoms. The second-order valence-corrected chi connectivity index (χ2v) is 4.38. The number of H-pyrrole nitrogens is 1. The maximum absolute atomic E-state index is 11.8. The van der Waals surface area contributed by atoms with Crippen LogP contribution in [-0.4, -0.2) is 29.3 Å². The molecule has 5 nitrogen and oxygen atoms in total. The average molecular weight is 273 g/mol. The predicted molar refractivity (Wildman–Crippen MR) is 77.8 cm³/mol. The van der Waals surface area contributed by atoms with Gasteiger partial charge in [-0.2, -0.15) is 5.10 Å². The highest BCUT2D eigenvalue weighted by atomic mass is 16.5. The zero-order valence-electron chi connectivity index (χ0n) is 11.8. The second-order valence-electron chi connectivity index (χ2n) is 4.38. The molecule has 1 heterocycles. The van der Waals surface area contributed by atoms with Crippen molar-refractivity contribution in [1.29, 1.82) is 0 Å². The summed E-state index contributed by atoms with van der Waals surface area (Å²) in [6, 6.07) is 9.39. The number of nitrogens with one attached hydrogen (secondary N) is 2. The van der Waals surface area contributed by atoms with Crippen molar-refractivity contribution in [3.63, 3.8) is 0 Å². The summed E-state index contributed by atoms with van der Waals surface area (Å²) >= 11 is 0. The van der Waals surface area contributed by atoms with E-state index >= 15 is 0 Å². The van der Waals surface area contributed by atoms with Gasteiger partial charge < -0.3 is 10.1 Å². The Hall–Kier alpha value is -2.30. The lowest BCUT2D eigenvalue weighted by atomic mass is 10.1. The fourth-order valence-corrected chi connectivity index (χ4v) is 1.81. The Morgan fingerprint density at radius 1 is 1.30 bits per heavy atom. The first-order valence-corrected chi connectivity index (χ1v) is 6.81. The van der Waals surface area contributed by atoms with E-state index in [-0.39, 0.29) is 5.91 Å². The van der Waals surface area contributed by atoms with Crippen LogP contribution >= 0.6 is 0 Å². The summed E-state index contributed by atoms with van der Waals surface area (Å²) < 4.78 is 5.39. The van der Waals surface area contributed by atoms with Crippen molar-refractivity contribution in [3.8, 4) is 17.0 Å². The molecule has 2 N–H and O–H groups in total. The summed E-state index contributed by atoms with van der Waals surface area (Å²) in [5.74, 6) is 0.698. The number of ether oxygens (including phenoxy) is 1. The number of aromatic amines is 1. The molecule has 0 aliphatic carbocycles. The summed E-state index contributed by atoms with van der Waals surface area (Å²) in [6.45, 7) is 5.27. The van der Waals surface area contributed by atoms with Crippen molar-refractivity contribution in [2.75, 3.05) is 13.2 Å². The van der Waals surface area contributed by atoms with Crippen molar-refractivity contribution in [1.82, 2.24) is 15.5 Å². The first-order valence-electron chi connectivity index (χ1n) is 6.81. The molecular formula is C15H19N3O2. The van der Waals surface area contributed by atoms with Gasteiger partial charge in [-0.05, 0) is 43.7 Å². The average Bonchev–Trinajstić information content (AvgIpc) is 2.96. The number of aromatic nitrogens is 2. The van der Waals surface area contributed by atoms with Crippen molar-refractivity contribution < 1.29 is 9.53 Å². The number of hydrogen-bond donors (Lipinski definition) is 2. The van der Waals surface area contributed by atoms with Crippen molar-refractivity contribution in [3.05, 3.63) is 36.0 Å². The molecule has 2 rings (SSSR count). The smallest absolute Gasteiger partial charge is 0.269 e. The molecule has 1 aromatic carbocycles. The molecule has 106 valence electrons. The van der Waals surface area contributed by atoms with Gasteiger partial charge in [0.2, 0.25) is 0 Å². The molecule has 0 aliphatic heterocycles. The van der Waals surface area contributed by atoms with Crippen molar-refractivity contribution >= 4 is 5.91 Å². The fourth-order valence-electron chi connectivity index (χ4n) is 1.81. The molecule has 0 unspecified atom stereocenters. The molecule has 20 heavy (non-hydrogen) atoms. The summed E-state index contributed by atoms with van der Waals surface area (Å²) in [5.41, 5.74) is 2.16. The second kappa shape index (κ2) is 6.75. The number of hydrogen-bond acceptors (Lipinski definition) is 3. The van der Waals surface area contributed by atoms with E-state index in [1.54, 1.807) is 6.07 Å². The molecule has 0 atom stereocenters. The van der Waals surface area contributed by atoms with E-state index in [1.807, 2.05) is 38.1 Å². The van der Waals surface area contributed by atoms with Gasteiger partial charge in [0.1, 0.15) is 11.4 Å². The Morgan fingerprint density at radius 2 is 2.05 bits per heavy atom. The standard InChI is InChI=1S/C15H19N3O2/c1-3-9-16-15(19)14-10-13(17-18-14)11-5-7-12(8-6-11)20-4-2/h5-8,10H,3-4,9H2,1-2H3,(H,16,19)(H,17,18). The molecule has 0 saturated heterocycles. The van der Waals surface area contributed by atoms with Crippen LogP contribution in [0.1, 0.15) is 30.8 Å². The highest BCUT2D eigenvalue weighted by molar-refractivity contribution is 5.93. The van der Waals surface area contributed by atoms with Gasteiger partial charge >= 0.3 is 0 Å². The normalized spacial score (nSPS) is 10.3. The van der Waals surface area contributed by atoms with Gasteiger partial charge in [0.15, 0.2) is 0 Å². The van der Waals surface area contributed by atoms with E-state index in [4.69, 9.17) is 4.74 Å². The molecule has 0 saturated carbocycles. The van der Waals surface area contributed by atoms with Crippen LogP contribution in [-0.2, 0) is 0 Å². The first kappa shape index (κ1) is 14.1. The SMILES string of the molecule is CCCNC(=O)c1cc(-c2ccc(OCC)cc2)n[nH]1. The predicted octanol–water partition coefficient (Wildman–Crippen LogP) is 2.62. The highest BCUT2D eigenvalue weighted by Gasteiger charge is 2.10. The number of rotatable bonds is 6. The topological polar surface area (TPSA) is 67.0 Å². The molecule has 0 aliphatic rings. The third-order valence-electron chi connectivity index (χ3n) is 2.82. The van der Waals surface area contributed by atoms with E-state index in [9.17, 15) is 4.79 Å². The van der Waals surface area contributed by atoms with E-state index in [2.05, 4.69) is 15.5 Å². The third kappa shape index (κ3) is 3.38. The summed E-state index contributed by atoms with van der Waals surface area (Å²) in [4.78, 5) is 11.8. The maximum atomic E-state index is 11.8. The number of amides is 1. The zero-order valence-corrected chi connectivity index (χ0v) is 11.8. The van der Waals surface area contributed by atoms with Crippen LogP contribution in [0, 0.1) is 0 Å². The molecule has 0 radical (unpaired) electrons. The van der Waals surface area contributed by atoms with E-state index in [0.717, 1.165) is 23.4 Å². The highest BCUT2D eigenvalue weighted by Crippen LogP contribution is 2.21. The Morgan fingerprint density at radius 3 is 2.70 bits per heavy atom. The van der Waals surface area contributed by atoms with Crippen LogP contribution in [0.15, 0.2) is 30.3 Å². The minimum atomic E-state index is -0.128. The molecule has 2 aromatic rings. The number of carbonyl (C=O) groups excluding carboxylic acids is 1. The molecule has 0 spiro atoms. The quantitative estimate of drug-likeness (QED) is 0.850. The lowest BCUT2D eigenvalue weighted by molar-refractivity contribution is 0.0948. The Balaban J connectivity index is 2.09. The Labute approximate surface area is 118 Å². The van der Waals surface area contributed by atoms with E-state index in [1.165, 1.54) is 0 Å². The van der Waals surface area contributed by atoms with Crippen LogP contribution in [0.4, 0.5) is 0 Å². The molecule has 0 fully saturated rings. The van der Waals surface area contributed by atoms with Gasteiger partial charge in [0, 0.05) is 12.1 Å². The Kier molecular flexibility index (Phi) is 4.76. The lowest BCUT2D eigenvalue weighted by Crippen LogP contribution is -2.24. The van der Waals surface area contributed by atoms with Crippen LogP contribution in [0.25, 0.3) is 11.3 Å². The monoisotopic (exact) mass is 273 g/mol. The van der Waals surface area contributed by atoms with Gasteiger partial charge in [-0.1, -0.05) is 6.92 Å². The van der Waals surface area contributed by atoms with Crippen LogP contribution in [0.5, 0.6) is 5.75 Å². The van der Waals surface area contributed by atoms with Crippen LogP contribution < -0.4 is 10.1 Å². The minimum absolute atomic E-state index is 0.128. The summed E-state index contributed by atoms with van der Waals surface area (Å²) in [7, 11) is 0. The van der Waals surface area contributed by atoms with Crippen LogP contribution in [0.2, 0.25) is 0 Å². The number of nitrogens with zero attached hydrogens (tertiary/aromatic N) is 1. The van der Waals surface area contributed by atoms with E-state index in [0.29, 0.717) is 18.8 Å². The van der Waals surface area contributed by atoms with Gasteiger partial charge in [-0.15, -0.1) is 0 Å². The summed E-state index contributed by atoms with van der Waals surface area (Å²) in [5, 5.41) is 9.73. The Bertz CT molecular complexity index is 561. The van der Waals surface area contributed by atoms with Gasteiger partial charge in [-0.3, -0.25) is 9.89 Å². The minimum Gasteiger partial charge on any atom is -0.494 e. The number of benzene rings is 1. The van der Waals surface area contributed by atoms with Crippen molar-refractivity contribution in [2.24, 2.45) is 0 Å². The zero-order chi connectivity index (χ0) is 14.4.